The molecule has 0 saturated carbocycles. The fraction of sp³-hybridized carbons (Fsp3) is 0.308. The van der Waals surface area contributed by atoms with E-state index in [-0.39, 0.29) is 23.0 Å². The molecule has 0 N–H and O–H groups in total. The van der Waals surface area contributed by atoms with Gasteiger partial charge in [-0.3, -0.25) is 9.89 Å². The lowest BCUT2D eigenvalue weighted by Gasteiger charge is -2.25. The molecule has 24 heavy (non-hydrogen) atoms. The SMILES string of the molecule is CCS(=O)(=O)C1N=CC=CN1c1nc2cc(C(F)(F)F)cnc2o1. The second kappa shape index (κ2) is 5.58. The molecule has 1 unspecified atom stereocenters. The highest BCUT2D eigenvalue weighted by atomic mass is 32.2. The van der Waals surface area contributed by atoms with Crippen LogP contribution in [0.1, 0.15) is 12.5 Å². The molecule has 11 heteroatoms. The van der Waals surface area contributed by atoms with Gasteiger partial charge in [-0.15, -0.1) is 0 Å². The predicted octanol–water partition coefficient (Wildman–Crippen LogP) is 2.36. The zero-order valence-electron chi connectivity index (χ0n) is 12.2. The van der Waals surface area contributed by atoms with Crippen LogP contribution in [0.15, 0.2) is 33.9 Å². The molecule has 1 atom stereocenters. The van der Waals surface area contributed by atoms with Gasteiger partial charge in [-0.25, -0.2) is 13.4 Å². The molecule has 3 rings (SSSR count). The third kappa shape index (κ3) is 2.86. The lowest BCUT2D eigenvalue weighted by atomic mass is 10.3. The number of hydrogen-bond donors (Lipinski definition) is 0. The third-order valence-electron chi connectivity index (χ3n) is 3.29. The van der Waals surface area contributed by atoms with Crippen molar-refractivity contribution < 1.29 is 26.0 Å². The fourth-order valence-corrected chi connectivity index (χ4v) is 3.11. The van der Waals surface area contributed by atoms with Gasteiger partial charge >= 0.3 is 12.2 Å². The Hall–Kier alpha value is -2.43. The number of alkyl halides is 3. The smallest absolute Gasteiger partial charge is 0.404 e. The molecule has 2 aromatic heterocycles. The van der Waals surface area contributed by atoms with Crippen LogP contribution in [0, 0.1) is 0 Å². The van der Waals surface area contributed by atoms with Crippen LogP contribution in [0.3, 0.4) is 0 Å². The molecule has 1 aliphatic rings. The summed E-state index contributed by atoms with van der Waals surface area (Å²) in [5, 5.41) is 0. The van der Waals surface area contributed by atoms with Gasteiger partial charge in [0.05, 0.1) is 11.3 Å². The number of hydrogen-bond acceptors (Lipinski definition) is 7. The summed E-state index contributed by atoms with van der Waals surface area (Å²) in [7, 11) is -3.61. The number of allylic oxidation sites excluding steroid dienone is 1. The number of nitrogens with zero attached hydrogens (tertiary/aromatic N) is 4. The Balaban J connectivity index is 2.05. The zero-order valence-corrected chi connectivity index (χ0v) is 13.0. The van der Waals surface area contributed by atoms with Gasteiger partial charge < -0.3 is 4.42 Å². The molecule has 0 aliphatic carbocycles. The molecule has 0 spiro atoms. The Kier molecular flexibility index (Phi) is 3.82. The van der Waals surface area contributed by atoms with E-state index in [0.29, 0.717) is 6.20 Å². The van der Waals surface area contributed by atoms with Crippen LogP contribution >= 0.6 is 0 Å². The highest BCUT2D eigenvalue weighted by Gasteiger charge is 2.34. The number of anilines is 1. The van der Waals surface area contributed by atoms with Gasteiger partial charge in [0.25, 0.3) is 0 Å². The summed E-state index contributed by atoms with van der Waals surface area (Å²) in [5.74, 6) is -0.171. The Morgan fingerprint density at radius 1 is 1.38 bits per heavy atom. The molecule has 128 valence electrons. The van der Waals surface area contributed by atoms with Crippen molar-refractivity contribution >= 4 is 33.3 Å². The maximum atomic E-state index is 12.7. The van der Waals surface area contributed by atoms with Crippen LogP contribution < -0.4 is 4.90 Å². The van der Waals surface area contributed by atoms with E-state index < -0.39 is 27.1 Å². The van der Waals surface area contributed by atoms with Crippen molar-refractivity contribution in [3.05, 3.63) is 30.1 Å². The lowest BCUT2D eigenvalue weighted by Crippen LogP contribution is -2.39. The van der Waals surface area contributed by atoms with E-state index in [9.17, 15) is 21.6 Å². The average molecular weight is 360 g/mol. The molecule has 0 bridgehead atoms. The standard InChI is InChI=1S/C13H11F3N4O3S/c1-2-24(21,22)12-17-4-3-5-20(12)11-19-9-6-8(13(14,15)16)7-18-10(9)23-11/h3-7,12H,2H2,1H3. The number of aromatic nitrogens is 2. The van der Waals surface area contributed by atoms with Crippen molar-refractivity contribution in [2.45, 2.75) is 18.6 Å². The van der Waals surface area contributed by atoms with Gasteiger partial charge in [0.2, 0.25) is 11.2 Å². The van der Waals surface area contributed by atoms with E-state index in [0.717, 1.165) is 11.0 Å². The van der Waals surface area contributed by atoms with Crippen molar-refractivity contribution in [3.8, 4) is 0 Å². The number of oxazole rings is 1. The minimum atomic E-state index is -4.57. The molecule has 0 radical (unpaired) electrons. The van der Waals surface area contributed by atoms with Crippen molar-refractivity contribution in [3.63, 3.8) is 0 Å². The Morgan fingerprint density at radius 3 is 2.79 bits per heavy atom. The van der Waals surface area contributed by atoms with Gasteiger partial charge in [-0.05, 0) is 12.1 Å². The van der Waals surface area contributed by atoms with Crippen LogP contribution in [0.4, 0.5) is 19.2 Å². The van der Waals surface area contributed by atoms with Gasteiger partial charge in [0.1, 0.15) is 5.52 Å². The number of sulfone groups is 1. The molecular weight excluding hydrogens is 349 g/mol. The highest BCUT2D eigenvalue weighted by molar-refractivity contribution is 7.92. The molecule has 0 aromatic carbocycles. The normalized spacial score (nSPS) is 18.5. The van der Waals surface area contributed by atoms with Gasteiger partial charge in [0, 0.05) is 18.6 Å². The molecule has 1 aliphatic heterocycles. The van der Waals surface area contributed by atoms with Gasteiger partial charge in [-0.2, -0.15) is 18.2 Å². The second-order valence-electron chi connectivity index (χ2n) is 4.87. The zero-order chi connectivity index (χ0) is 17.5. The predicted molar refractivity (Wildman–Crippen MR) is 80.2 cm³/mol. The van der Waals surface area contributed by atoms with E-state index in [1.807, 2.05) is 0 Å². The lowest BCUT2D eigenvalue weighted by molar-refractivity contribution is -0.137. The van der Waals surface area contributed by atoms with Crippen LogP contribution in [0.2, 0.25) is 0 Å². The molecule has 3 heterocycles. The maximum absolute atomic E-state index is 12.7. The summed E-state index contributed by atoms with van der Waals surface area (Å²) in [6.45, 7) is 1.46. The van der Waals surface area contributed by atoms with Crippen molar-refractivity contribution in [1.29, 1.82) is 0 Å². The Labute approximate surface area is 134 Å². The van der Waals surface area contributed by atoms with Crippen molar-refractivity contribution in [2.75, 3.05) is 10.7 Å². The average Bonchev–Trinajstić information content (AvgIpc) is 2.97. The van der Waals surface area contributed by atoms with Crippen LogP contribution in [0.25, 0.3) is 11.2 Å². The summed E-state index contributed by atoms with van der Waals surface area (Å²) < 4.78 is 67.7. The first-order chi connectivity index (χ1) is 11.2. The Morgan fingerprint density at radius 2 is 2.12 bits per heavy atom. The quantitative estimate of drug-likeness (QED) is 0.835. The first-order valence-corrected chi connectivity index (χ1v) is 8.47. The molecular formula is C13H11F3N4O3S. The monoisotopic (exact) mass is 360 g/mol. The number of pyridine rings is 1. The highest BCUT2D eigenvalue weighted by Crippen LogP contribution is 2.32. The minimum absolute atomic E-state index is 0.129. The van der Waals surface area contributed by atoms with E-state index in [4.69, 9.17) is 4.42 Å². The topological polar surface area (TPSA) is 88.7 Å². The van der Waals surface area contributed by atoms with Gasteiger partial charge in [-0.1, -0.05) is 6.92 Å². The summed E-state index contributed by atoms with van der Waals surface area (Å²) >= 11 is 0. The van der Waals surface area contributed by atoms with E-state index in [2.05, 4.69) is 15.0 Å². The first-order valence-electron chi connectivity index (χ1n) is 6.76. The van der Waals surface area contributed by atoms with E-state index in [1.165, 1.54) is 25.4 Å². The van der Waals surface area contributed by atoms with Crippen molar-refractivity contribution in [1.82, 2.24) is 9.97 Å². The first kappa shape index (κ1) is 16.4. The summed E-state index contributed by atoms with van der Waals surface area (Å²) in [6.07, 6.45) is 0.216. The molecule has 7 nitrogen and oxygen atoms in total. The molecule has 2 aromatic rings. The molecule has 0 fully saturated rings. The maximum Gasteiger partial charge on any atom is 0.417 e. The summed E-state index contributed by atoms with van der Waals surface area (Å²) in [5.41, 5.74) is -2.52. The largest absolute Gasteiger partial charge is 0.417 e. The molecule has 0 saturated heterocycles. The van der Waals surface area contributed by atoms with Crippen LogP contribution in [-0.4, -0.2) is 35.9 Å². The fourth-order valence-electron chi connectivity index (χ4n) is 2.05. The second-order valence-corrected chi connectivity index (χ2v) is 7.19. The van der Waals surface area contributed by atoms with E-state index >= 15 is 0 Å². The molecule has 0 amide bonds. The number of fused-ring (bicyclic) bond motifs is 1. The number of rotatable bonds is 3. The van der Waals surface area contributed by atoms with Gasteiger partial charge in [0.15, 0.2) is 9.84 Å². The van der Waals surface area contributed by atoms with E-state index in [1.54, 1.807) is 0 Å². The third-order valence-corrected chi connectivity index (χ3v) is 5.09. The number of halogens is 3. The van der Waals surface area contributed by atoms with Crippen LogP contribution in [0.5, 0.6) is 0 Å². The van der Waals surface area contributed by atoms with Crippen molar-refractivity contribution in [2.24, 2.45) is 4.99 Å². The number of aliphatic imine (C=N–C) groups is 1. The summed E-state index contributed by atoms with van der Waals surface area (Å²) in [6, 6.07) is 0.585. The van der Waals surface area contributed by atoms with Crippen LogP contribution in [-0.2, 0) is 16.0 Å². The minimum Gasteiger partial charge on any atom is -0.404 e. The summed E-state index contributed by atoms with van der Waals surface area (Å²) in [4.78, 5) is 12.5. The Bertz CT molecular complexity index is 934.